The molecule has 1 aliphatic carbocycles. The predicted octanol–water partition coefficient (Wildman–Crippen LogP) is 2.69. The largest absolute Gasteiger partial charge is 0.440 e. The zero-order chi connectivity index (χ0) is 22.1. The van der Waals surface area contributed by atoms with E-state index < -0.39 is 6.04 Å². The summed E-state index contributed by atoms with van der Waals surface area (Å²) in [5, 5.41) is 7.83. The number of piperazine rings is 1. The first-order valence-electron chi connectivity index (χ1n) is 11.0. The van der Waals surface area contributed by atoms with E-state index in [4.69, 9.17) is 4.42 Å². The third kappa shape index (κ3) is 4.20. The molecule has 5 rings (SSSR count). The number of benzene rings is 1. The molecular formula is C24H26N4O3S. The van der Waals surface area contributed by atoms with Gasteiger partial charge in [0.2, 0.25) is 17.7 Å². The van der Waals surface area contributed by atoms with Gasteiger partial charge in [-0.05, 0) is 42.3 Å². The summed E-state index contributed by atoms with van der Waals surface area (Å²) in [5.74, 6) is 1.03. The number of thiophene rings is 1. The highest BCUT2D eigenvalue weighted by molar-refractivity contribution is 7.13. The van der Waals surface area contributed by atoms with Crippen LogP contribution in [0, 0.1) is 6.92 Å². The van der Waals surface area contributed by atoms with E-state index in [1.165, 1.54) is 11.1 Å². The van der Waals surface area contributed by atoms with E-state index in [0.717, 1.165) is 24.3 Å². The minimum atomic E-state index is -0.455. The molecule has 2 aliphatic rings. The number of rotatable bonds is 6. The standard InChI is InChI=1S/C24H26N4O3S/c1-15-19(27-24(31-15)21-7-4-10-32-21)14-26-22(29)13-20-23(30)25-8-9-28(20)18-11-16-5-2-3-6-17(16)12-18/h2-7,10,18,20H,8-9,11-14H2,1H3,(H,25,30)(H,26,29). The first-order chi connectivity index (χ1) is 15.6. The molecule has 2 amide bonds. The molecule has 1 unspecified atom stereocenters. The Morgan fingerprint density at radius 1 is 1.25 bits per heavy atom. The monoisotopic (exact) mass is 450 g/mol. The molecule has 3 heterocycles. The summed E-state index contributed by atoms with van der Waals surface area (Å²) in [6.07, 6.45) is 1.98. The van der Waals surface area contributed by atoms with Crippen LogP contribution in [-0.4, -0.2) is 46.9 Å². The van der Waals surface area contributed by atoms with Gasteiger partial charge < -0.3 is 15.1 Å². The maximum Gasteiger partial charge on any atom is 0.237 e. The molecule has 3 aromatic rings. The Labute approximate surface area is 190 Å². The van der Waals surface area contributed by atoms with Crippen molar-refractivity contribution >= 4 is 23.2 Å². The average molecular weight is 451 g/mol. The van der Waals surface area contributed by atoms with E-state index in [0.29, 0.717) is 23.9 Å². The van der Waals surface area contributed by atoms with Crippen LogP contribution in [0.25, 0.3) is 10.8 Å². The lowest BCUT2D eigenvalue weighted by Crippen LogP contribution is -2.59. The smallest absolute Gasteiger partial charge is 0.237 e. The fourth-order valence-electron chi connectivity index (χ4n) is 4.68. The van der Waals surface area contributed by atoms with Gasteiger partial charge in [0.25, 0.3) is 0 Å². The van der Waals surface area contributed by atoms with E-state index in [-0.39, 0.29) is 30.8 Å². The molecule has 166 valence electrons. The molecule has 0 radical (unpaired) electrons. The molecule has 1 fully saturated rings. The molecule has 7 nitrogen and oxygen atoms in total. The molecule has 32 heavy (non-hydrogen) atoms. The van der Waals surface area contributed by atoms with Gasteiger partial charge in [0.05, 0.1) is 23.9 Å². The number of carbonyl (C=O) groups excluding carboxylic acids is 2. The Morgan fingerprint density at radius 2 is 2.03 bits per heavy atom. The average Bonchev–Trinajstić information content (AvgIpc) is 3.53. The minimum absolute atomic E-state index is 0.0695. The Bertz CT molecular complexity index is 1100. The van der Waals surface area contributed by atoms with E-state index in [9.17, 15) is 9.59 Å². The van der Waals surface area contributed by atoms with Gasteiger partial charge in [-0.15, -0.1) is 11.3 Å². The quantitative estimate of drug-likeness (QED) is 0.603. The van der Waals surface area contributed by atoms with Crippen molar-refractivity contribution in [2.24, 2.45) is 0 Å². The van der Waals surface area contributed by atoms with Gasteiger partial charge in [0.15, 0.2) is 0 Å². The molecule has 2 aromatic heterocycles. The Morgan fingerprint density at radius 3 is 2.75 bits per heavy atom. The van der Waals surface area contributed by atoms with Crippen molar-refractivity contribution in [2.75, 3.05) is 13.1 Å². The summed E-state index contributed by atoms with van der Waals surface area (Å²) >= 11 is 1.56. The highest BCUT2D eigenvalue weighted by atomic mass is 32.1. The van der Waals surface area contributed by atoms with Crippen LogP contribution in [0.5, 0.6) is 0 Å². The maximum atomic E-state index is 12.8. The summed E-state index contributed by atoms with van der Waals surface area (Å²) in [5.41, 5.74) is 3.39. The van der Waals surface area contributed by atoms with Crippen LogP contribution in [0.1, 0.15) is 29.0 Å². The number of carbonyl (C=O) groups is 2. The first kappa shape index (κ1) is 20.9. The molecule has 2 N–H and O–H groups in total. The summed E-state index contributed by atoms with van der Waals surface area (Å²) in [6, 6.07) is 12.1. The second-order valence-electron chi connectivity index (χ2n) is 8.36. The SMILES string of the molecule is Cc1oc(-c2cccs2)nc1CNC(=O)CC1C(=O)NCCN1C1Cc2ccccc2C1. The van der Waals surface area contributed by atoms with Gasteiger partial charge >= 0.3 is 0 Å². The van der Waals surface area contributed by atoms with E-state index in [2.05, 4.69) is 44.8 Å². The van der Waals surface area contributed by atoms with Crippen LogP contribution in [0.4, 0.5) is 0 Å². The lowest BCUT2D eigenvalue weighted by atomic mass is 10.0. The molecule has 0 saturated carbocycles. The van der Waals surface area contributed by atoms with Gasteiger partial charge in [-0.3, -0.25) is 14.5 Å². The van der Waals surface area contributed by atoms with Gasteiger partial charge in [-0.25, -0.2) is 4.98 Å². The molecule has 1 aromatic carbocycles. The lowest BCUT2D eigenvalue weighted by Gasteiger charge is -2.38. The Kier molecular flexibility index (Phi) is 5.80. The first-order valence-corrected chi connectivity index (χ1v) is 11.8. The van der Waals surface area contributed by atoms with E-state index in [1.807, 2.05) is 24.4 Å². The van der Waals surface area contributed by atoms with Crippen LogP contribution < -0.4 is 10.6 Å². The number of nitrogens with zero attached hydrogens (tertiary/aromatic N) is 2. The third-order valence-electron chi connectivity index (χ3n) is 6.33. The summed E-state index contributed by atoms with van der Waals surface area (Å²) < 4.78 is 5.75. The zero-order valence-corrected chi connectivity index (χ0v) is 18.8. The Balaban J connectivity index is 1.22. The topological polar surface area (TPSA) is 87.5 Å². The van der Waals surface area contributed by atoms with Crippen LogP contribution in [-0.2, 0) is 29.0 Å². The number of nitrogens with one attached hydrogen (secondary N) is 2. The van der Waals surface area contributed by atoms with Crippen LogP contribution in [0.2, 0.25) is 0 Å². The number of aromatic nitrogens is 1. The zero-order valence-electron chi connectivity index (χ0n) is 18.0. The highest BCUT2D eigenvalue weighted by Crippen LogP contribution is 2.28. The lowest BCUT2D eigenvalue weighted by molar-refractivity contribution is -0.135. The summed E-state index contributed by atoms with van der Waals surface area (Å²) in [7, 11) is 0. The van der Waals surface area contributed by atoms with Crippen LogP contribution in [0.3, 0.4) is 0 Å². The molecule has 1 saturated heterocycles. The second kappa shape index (κ2) is 8.88. The normalized spacial score (nSPS) is 19.0. The highest BCUT2D eigenvalue weighted by Gasteiger charge is 2.38. The van der Waals surface area contributed by atoms with Crippen molar-refractivity contribution in [3.05, 3.63) is 64.4 Å². The van der Waals surface area contributed by atoms with Crippen molar-refractivity contribution in [3.63, 3.8) is 0 Å². The summed E-state index contributed by atoms with van der Waals surface area (Å²) in [6.45, 7) is 3.50. The molecule has 0 bridgehead atoms. The number of aryl methyl sites for hydroxylation is 1. The van der Waals surface area contributed by atoms with E-state index >= 15 is 0 Å². The second-order valence-corrected chi connectivity index (χ2v) is 9.30. The van der Waals surface area contributed by atoms with Crippen molar-refractivity contribution in [3.8, 4) is 10.8 Å². The fourth-order valence-corrected chi connectivity index (χ4v) is 5.33. The van der Waals surface area contributed by atoms with Crippen molar-refractivity contribution in [2.45, 2.75) is 44.8 Å². The van der Waals surface area contributed by atoms with Crippen molar-refractivity contribution < 1.29 is 14.0 Å². The molecule has 1 atom stereocenters. The molecule has 8 heteroatoms. The van der Waals surface area contributed by atoms with Gasteiger partial charge in [0, 0.05) is 19.1 Å². The molecule has 1 aliphatic heterocycles. The Hall–Kier alpha value is -2.97. The van der Waals surface area contributed by atoms with Crippen molar-refractivity contribution in [1.29, 1.82) is 0 Å². The number of amides is 2. The number of oxazole rings is 1. The summed E-state index contributed by atoms with van der Waals surface area (Å²) in [4.78, 5) is 33.2. The number of fused-ring (bicyclic) bond motifs is 1. The van der Waals surface area contributed by atoms with Gasteiger partial charge in [0.1, 0.15) is 11.5 Å². The molecule has 0 spiro atoms. The number of hydrogen-bond acceptors (Lipinski definition) is 6. The number of hydrogen-bond donors (Lipinski definition) is 2. The van der Waals surface area contributed by atoms with Crippen molar-refractivity contribution in [1.82, 2.24) is 20.5 Å². The van der Waals surface area contributed by atoms with Gasteiger partial charge in [-0.2, -0.15) is 0 Å². The van der Waals surface area contributed by atoms with Crippen LogP contribution in [0.15, 0.2) is 46.2 Å². The van der Waals surface area contributed by atoms with E-state index in [1.54, 1.807) is 11.3 Å². The van der Waals surface area contributed by atoms with Gasteiger partial charge in [-0.1, -0.05) is 30.3 Å². The molecular weight excluding hydrogens is 424 g/mol. The minimum Gasteiger partial charge on any atom is -0.440 e. The maximum absolute atomic E-state index is 12.8. The predicted molar refractivity (Wildman–Crippen MR) is 122 cm³/mol. The fraction of sp³-hybridized carbons (Fsp3) is 0.375. The third-order valence-corrected chi connectivity index (χ3v) is 7.18. The van der Waals surface area contributed by atoms with Crippen LogP contribution >= 0.6 is 11.3 Å².